The van der Waals surface area contributed by atoms with Crippen LogP contribution in [0, 0.1) is 11.8 Å². The molecular weight excluding hydrogens is 290 g/mol. The van der Waals surface area contributed by atoms with Gasteiger partial charge < -0.3 is 9.64 Å². The lowest BCUT2D eigenvalue weighted by Crippen LogP contribution is -2.27. The van der Waals surface area contributed by atoms with Crippen LogP contribution in [0.15, 0.2) is 42.1 Å². The number of hydrogen-bond donors (Lipinski definition) is 0. The van der Waals surface area contributed by atoms with Gasteiger partial charge in [-0.15, -0.1) is 0 Å². The van der Waals surface area contributed by atoms with Crippen molar-refractivity contribution >= 4 is 11.8 Å². The third-order valence-corrected chi connectivity index (χ3v) is 4.42. The summed E-state index contributed by atoms with van der Waals surface area (Å²) in [7, 11) is 1.41. The third kappa shape index (κ3) is 4.44. The van der Waals surface area contributed by atoms with E-state index in [2.05, 4.69) is 18.7 Å². The van der Waals surface area contributed by atoms with Crippen LogP contribution < -0.4 is 0 Å². The molecule has 0 aromatic heterocycles. The number of likely N-dealkylation sites (tertiary alicyclic amines) is 1. The zero-order valence-corrected chi connectivity index (χ0v) is 14.1. The summed E-state index contributed by atoms with van der Waals surface area (Å²) in [5.41, 5.74) is 1.61. The first-order valence-electron chi connectivity index (χ1n) is 8.17. The van der Waals surface area contributed by atoms with Crippen molar-refractivity contribution in [3.8, 4) is 0 Å². The van der Waals surface area contributed by atoms with Crippen LogP contribution in [0.1, 0.15) is 37.0 Å². The lowest BCUT2D eigenvalue weighted by Gasteiger charge is -2.23. The van der Waals surface area contributed by atoms with Crippen molar-refractivity contribution in [2.75, 3.05) is 20.2 Å². The van der Waals surface area contributed by atoms with E-state index < -0.39 is 0 Å². The Morgan fingerprint density at radius 3 is 2.65 bits per heavy atom. The summed E-state index contributed by atoms with van der Waals surface area (Å²) in [5.74, 6) is 0.121. The van der Waals surface area contributed by atoms with E-state index >= 15 is 0 Å². The SMILES string of the molecule is CCC(C)CN1CC(C(=O)OC)C/C1=C\C(=O)c1ccccc1. The molecule has 0 aliphatic carbocycles. The molecule has 1 aromatic rings. The van der Waals surface area contributed by atoms with E-state index in [1.807, 2.05) is 30.3 Å². The van der Waals surface area contributed by atoms with Crippen LogP contribution in [0.2, 0.25) is 0 Å². The highest BCUT2D eigenvalue weighted by atomic mass is 16.5. The number of carbonyl (C=O) groups excluding carboxylic acids is 2. The Labute approximate surface area is 138 Å². The van der Waals surface area contributed by atoms with Gasteiger partial charge >= 0.3 is 5.97 Å². The molecule has 1 aliphatic rings. The quantitative estimate of drug-likeness (QED) is 0.459. The number of allylic oxidation sites excluding steroid dienone is 2. The average molecular weight is 315 g/mol. The topological polar surface area (TPSA) is 46.6 Å². The number of esters is 1. The van der Waals surface area contributed by atoms with E-state index in [9.17, 15) is 9.59 Å². The van der Waals surface area contributed by atoms with E-state index in [0.29, 0.717) is 24.4 Å². The maximum atomic E-state index is 12.4. The Balaban J connectivity index is 2.19. The Hall–Kier alpha value is -2.10. The Bertz CT molecular complexity index is 580. The molecule has 1 aromatic carbocycles. The molecule has 0 radical (unpaired) electrons. The predicted octanol–water partition coefficient (Wildman–Crippen LogP) is 3.29. The molecule has 1 aliphatic heterocycles. The number of nitrogens with zero attached hydrogens (tertiary/aromatic N) is 1. The molecule has 1 fully saturated rings. The summed E-state index contributed by atoms with van der Waals surface area (Å²) in [6.07, 6.45) is 3.32. The van der Waals surface area contributed by atoms with Gasteiger partial charge in [-0.25, -0.2) is 0 Å². The molecule has 0 bridgehead atoms. The van der Waals surface area contributed by atoms with Gasteiger partial charge in [-0.3, -0.25) is 9.59 Å². The monoisotopic (exact) mass is 315 g/mol. The van der Waals surface area contributed by atoms with Gasteiger partial charge in [0, 0.05) is 36.8 Å². The highest BCUT2D eigenvalue weighted by Crippen LogP contribution is 2.29. The van der Waals surface area contributed by atoms with E-state index in [1.165, 1.54) is 7.11 Å². The minimum absolute atomic E-state index is 0.0136. The van der Waals surface area contributed by atoms with Crippen LogP contribution in [0.25, 0.3) is 0 Å². The zero-order chi connectivity index (χ0) is 16.8. The second-order valence-electron chi connectivity index (χ2n) is 6.21. The van der Waals surface area contributed by atoms with Crippen LogP contribution in [0.4, 0.5) is 0 Å². The summed E-state index contributed by atoms with van der Waals surface area (Å²) >= 11 is 0. The van der Waals surface area contributed by atoms with Crippen molar-refractivity contribution in [1.29, 1.82) is 0 Å². The van der Waals surface area contributed by atoms with Gasteiger partial charge in [0.2, 0.25) is 0 Å². The maximum Gasteiger partial charge on any atom is 0.310 e. The second-order valence-corrected chi connectivity index (χ2v) is 6.21. The molecule has 0 N–H and O–H groups in total. The summed E-state index contributed by atoms with van der Waals surface area (Å²) in [6, 6.07) is 9.22. The van der Waals surface area contributed by atoms with Gasteiger partial charge in [-0.1, -0.05) is 50.6 Å². The number of ether oxygens (including phenoxy) is 1. The highest BCUT2D eigenvalue weighted by Gasteiger charge is 2.33. The summed E-state index contributed by atoms with van der Waals surface area (Å²) in [5, 5.41) is 0. The third-order valence-electron chi connectivity index (χ3n) is 4.42. The molecule has 2 atom stereocenters. The summed E-state index contributed by atoms with van der Waals surface area (Å²) in [4.78, 5) is 26.4. The number of carbonyl (C=O) groups is 2. The Kier molecular flexibility index (Phi) is 5.97. The predicted molar refractivity (Wildman–Crippen MR) is 90.0 cm³/mol. The Morgan fingerprint density at radius 2 is 2.04 bits per heavy atom. The fraction of sp³-hybridized carbons (Fsp3) is 0.474. The lowest BCUT2D eigenvalue weighted by molar-refractivity contribution is -0.144. The van der Waals surface area contributed by atoms with Gasteiger partial charge in [0.25, 0.3) is 0 Å². The minimum atomic E-state index is -0.199. The van der Waals surface area contributed by atoms with Gasteiger partial charge in [0.1, 0.15) is 0 Å². The number of hydrogen-bond acceptors (Lipinski definition) is 4. The standard InChI is InChI=1S/C19H25NO3/c1-4-14(2)12-20-13-16(19(22)23-3)10-17(20)11-18(21)15-8-6-5-7-9-15/h5-9,11,14,16H,4,10,12-13H2,1-3H3/b17-11+. The number of rotatable bonds is 6. The van der Waals surface area contributed by atoms with E-state index in [0.717, 1.165) is 18.7 Å². The molecule has 0 amide bonds. The van der Waals surface area contributed by atoms with Crippen LogP contribution >= 0.6 is 0 Å². The Morgan fingerprint density at radius 1 is 1.35 bits per heavy atom. The molecule has 2 rings (SSSR count). The van der Waals surface area contributed by atoms with E-state index in [-0.39, 0.29) is 17.7 Å². The molecule has 4 nitrogen and oxygen atoms in total. The average Bonchev–Trinajstić information content (AvgIpc) is 2.97. The van der Waals surface area contributed by atoms with Crippen molar-refractivity contribution in [1.82, 2.24) is 4.90 Å². The maximum absolute atomic E-state index is 12.4. The molecule has 1 heterocycles. The molecule has 4 heteroatoms. The lowest BCUT2D eigenvalue weighted by atomic mass is 10.1. The van der Waals surface area contributed by atoms with Crippen molar-refractivity contribution in [2.45, 2.75) is 26.7 Å². The number of methoxy groups -OCH3 is 1. The molecule has 1 saturated heterocycles. The first-order chi connectivity index (χ1) is 11.0. The van der Waals surface area contributed by atoms with Crippen molar-refractivity contribution in [3.05, 3.63) is 47.7 Å². The van der Waals surface area contributed by atoms with Gasteiger partial charge in [0.05, 0.1) is 13.0 Å². The van der Waals surface area contributed by atoms with E-state index in [4.69, 9.17) is 4.74 Å². The normalized spacial score (nSPS) is 20.6. The van der Waals surface area contributed by atoms with E-state index in [1.54, 1.807) is 6.08 Å². The number of ketones is 1. The molecule has 0 saturated carbocycles. The molecule has 2 unspecified atom stereocenters. The van der Waals surface area contributed by atoms with Gasteiger partial charge in [-0.05, 0) is 5.92 Å². The van der Waals surface area contributed by atoms with Crippen LogP contribution in [-0.2, 0) is 9.53 Å². The largest absolute Gasteiger partial charge is 0.469 e. The van der Waals surface area contributed by atoms with Crippen molar-refractivity contribution in [2.24, 2.45) is 11.8 Å². The molecule has 0 spiro atoms. The zero-order valence-electron chi connectivity index (χ0n) is 14.1. The van der Waals surface area contributed by atoms with Crippen molar-refractivity contribution in [3.63, 3.8) is 0 Å². The summed E-state index contributed by atoms with van der Waals surface area (Å²) in [6.45, 7) is 5.82. The van der Waals surface area contributed by atoms with Crippen molar-refractivity contribution < 1.29 is 14.3 Å². The fourth-order valence-corrected chi connectivity index (χ4v) is 2.84. The number of benzene rings is 1. The fourth-order valence-electron chi connectivity index (χ4n) is 2.84. The van der Waals surface area contributed by atoms with Crippen LogP contribution in [-0.4, -0.2) is 36.9 Å². The first-order valence-corrected chi connectivity index (χ1v) is 8.17. The first kappa shape index (κ1) is 17.3. The molecular formula is C19H25NO3. The van der Waals surface area contributed by atoms with Crippen LogP contribution in [0.5, 0.6) is 0 Å². The van der Waals surface area contributed by atoms with Gasteiger partial charge in [-0.2, -0.15) is 0 Å². The molecule has 23 heavy (non-hydrogen) atoms. The molecule has 124 valence electrons. The second kappa shape index (κ2) is 7.95. The van der Waals surface area contributed by atoms with Gasteiger partial charge in [0.15, 0.2) is 5.78 Å². The highest BCUT2D eigenvalue weighted by molar-refractivity contribution is 6.04. The summed E-state index contributed by atoms with van der Waals surface area (Å²) < 4.78 is 4.87. The minimum Gasteiger partial charge on any atom is -0.469 e. The van der Waals surface area contributed by atoms with Crippen LogP contribution in [0.3, 0.4) is 0 Å². The smallest absolute Gasteiger partial charge is 0.310 e.